The van der Waals surface area contributed by atoms with E-state index in [4.69, 9.17) is 35.3 Å². The Balaban J connectivity index is 1.67. The Hall–Kier alpha value is -3.76. The molecule has 2 aromatic carbocycles. The number of fused-ring (bicyclic) bond motifs is 2. The molecule has 3 heterocycles. The van der Waals surface area contributed by atoms with Gasteiger partial charge in [-0.3, -0.25) is 9.36 Å². The molecule has 37 heavy (non-hydrogen) atoms. The number of hydrogen-bond acceptors (Lipinski definition) is 9. The summed E-state index contributed by atoms with van der Waals surface area (Å²) in [4.78, 5) is 31.3. The van der Waals surface area contributed by atoms with E-state index in [-0.39, 0.29) is 17.9 Å². The second-order valence-corrected chi connectivity index (χ2v) is 9.39. The van der Waals surface area contributed by atoms with E-state index in [1.165, 1.54) is 29.2 Å². The first-order chi connectivity index (χ1) is 17.9. The van der Waals surface area contributed by atoms with Gasteiger partial charge in [-0.05, 0) is 49.2 Å². The van der Waals surface area contributed by atoms with Crippen LogP contribution < -0.4 is 33.8 Å². The minimum atomic E-state index is -0.784. The zero-order valence-electron chi connectivity index (χ0n) is 20.3. The Bertz CT molecular complexity index is 1590. The number of rotatable bonds is 7. The molecular formula is C26H23ClN2O7S. The van der Waals surface area contributed by atoms with E-state index in [0.717, 1.165) is 0 Å². The molecule has 9 nitrogen and oxygen atoms in total. The Labute approximate surface area is 220 Å². The summed E-state index contributed by atoms with van der Waals surface area (Å²) in [6.07, 6.45) is 3.12. The van der Waals surface area contributed by atoms with E-state index in [0.29, 0.717) is 61.7 Å². The highest BCUT2D eigenvalue weighted by molar-refractivity contribution is 7.07. The predicted octanol–water partition coefficient (Wildman–Crippen LogP) is 3.20. The van der Waals surface area contributed by atoms with Crippen molar-refractivity contribution in [3.8, 4) is 23.0 Å². The zero-order chi connectivity index (χ0) is 26.1. The van der Waals surface area contributed by atoms with Gasteiger partial charge in [0.15, 0.2) is 27.8 Å². The maximum atomic E-state index is 13.7. The van der Waals surface area contributed by atoms with E-state index in [2.05, 4.69) is 4.99 Å². The number of thiazole rings is 1. The van der Waals surface area contributed by atoms with Crippen molar-refractivity contribution in [1.82, 2.24) is 4.57 Å². The van der Waals surface area contributed by atoms with Gasteiger partial charge in [-0.1, -0.05) is 29.0 Å². The highest BCUT2D eigenvalue weighted by atomic mass is 35.5. The highest BCUT2D eigenvalue weighted by Crippen LogP contribution is 2.37. The van der Waals surface area contributed by atoms with Gasteiger partial charge >= 0.3 is 5.97 Å². The zero-order valence-corrected chi connectivity index (χ0v) is 21.9. The van der Waals surface area contributed by atoms with Crippen molar-refractivity contribution in [2.24, 2.45) is 4.99 Å². The number of methoxy groups -OCH3 is 1. The summed E-state index contributed by atoms with van der Waals surface area (Å²) in [5, 5.41) is 0.412. The van der Waals surface area contributed by atoms with Gasteiger partial charge in [-0.15, -0.1) is 0 Å². The number of esters is 1. The molecule has 0 unspecified atom stereocenters. The molecule has 0 bridgehead atoms. The molecule has 1 aromatic heterocycles. The van der Waals surface area contributed by atoms with Crippen LogP contribution in [0.2, 0.25) is 5.02 Å². The smallest absolute Gasteiger partial charge is 0.337 e. The SMILES string of the molecule is CCOc1ccc([C@@H]2C(C(=O)OC)=CN=c3s/c(=C/c4cc5c(cc4Cl)OCO5)c(=O)n32)cc1OCC. The summed E-state index contributed by atoms with van der Waals surface area (Å²) in [6.45, 7) is 4.74. The molecule has 0 amide bonds. The van der Waals surface area contributed by atoms with Crippen molar-refractivity contribution >= 4 is 35.0 Å². The minimum Gasteiger partial charge on any atom is -0.490 e. The van der Waals surface area contributed by atoms with Crippen LogP contribution in [0.25, 0.3) is 6.08 Å². The normalized spacial score (nSPS) is 16.1. The lowest BCUT2D eigenvalue weighted by Gasteiger charge is -2.23. The summed E-state index contributed by atoms with van der Waals surface area (Å²) in [6, 6.07) is 7.93. The van der Waals surface area contributed by atoms with Crippen molar-refractivity contribution in [1.29, 1.82) is 0 Å². The third kappa shape index (κ3) is 4.58. The number of hydrogen-bond donors (Lipinski definition) is 0. The number of carbonyl (C=O) groups excluding carboxylic acids is 1. The number of aromatic nitrogens is 1. The Kier molecular flexibility index (Phi) is 6.94. The van der Waals surface area contributed by atoms with E-state index in [1.807, 2.05) is 13.8 Å². The minimum absolute atomic E-state index is 0.111. The predicted molar refractivity (Wildman–Crippen MR) is 138 cm³/mol. The standard InChI is InChI=1S/C26H23ClN2O7S/c1-4-33-18-7-6-14(8-19(18)34-5-2)23-16(25(31)32-3)12-28-26-29(23)24(30)22(37-26)10-15-9-20-21(11-17(15)27)36-13-35-20/h6-12,23H,4-5,13H2,1-3H3/b22-10+/t23-/m1/s1. The number of benzene rings is 2. The van der Waals surface area contributed by atoms with Crippen LogP contribution in [0.1, 0.15) is 31.0 Å². The lowest BCUT2D eigenvalue weighted by molar-refractivity contribution is -0.136. The first-order valence-electron chi connectivity index (χ1n) is 11.5. The molecular weight excluding hydrogens is 520 g/mol. The van der Waals surface area contributed by atoms with Gasteiger partial charge in [0, 0.05) is 12.3 Å². The van der Waals surface area contributed by atoms with Gasteiger partial charge in [0.25, 0.3) is 5.56 Å². The van der Waals surface area contributed by atoms with Crippen LogP contribution >= 0.6 is 22.9 Å². The van der Waals surface area contributed by atoms with E-state index >= 15 is 0 Å². The average molecular weight is 543 g/mol. The monoisotopic (exact) mass is 542 g/mol. The Morgan fingerprint density at radius 3 is 2.62 bits per heavy atom. The molecule has 2 aliphatic rings. The average Bonchev–Trinajstić information content (AvgIpc) is 3.48. The molecule has 3 aromatic rings. The summed E-state index contributed by atoms with van der Waals surface area (Å²) in [7, 11) is 1.29. The topological polar surface area (TPSA) is 97.6 Å². The maximum absolute atomic E-state index is 13.7. The third-order valence-electron chi connectivity index (χ3n) is 5.79. The third-order valence-corrected chi connectivity index (χ3v) is 7.11. The van der Waals surface area contributed by atoms with E-state index in [1.54, 1.807) is 36.4 Å². The summed E-state index contributed by atoms with van der Waals surface area (Å²) >= 11 is 7.63. The summed E-state index contributed by atoms with van der Waals surface area (Å²) in [5.41, 5.74) is 1.13. The Morgan fingerprint density at radius 2 is 1.89 bits per heavy atom. The van der Waals surface area contributed by atoms with E-state index < -0.39 is 12.0 Å². The van der Waals surface area contributed by atoms with Crippen LogP contribution in [-0.4, -0.2) is 37.7 Å². The molecule has 0 saturated carbocycles. The van der Waals surface area contributed by atoms with Gasteiger partial charge in [-0.25, -0.2) is 9.79 Å². The molecule has 0 N–H and O–H groups in total. The summed E-state index contributed by atoms with van der Waals surface area (Å²) < 4.78 is 29.2. The second-order valence-electron chi connectivity index (χ2n) is 7.98. The quantitative estimate of drug-likeness (QED) is 0.423. The lowest BCUT2D eigenvalue weighted by atomic mass is 9.97. The molecule has 0 saturated heterocycles. The van der Waals surface area contributed by atoms with Gasteiger partial charge in [0.1, 0.15) is 0 Å². The van der Waals surface area contributed by atoms with Gasteiger partial charge in [0.2, 0.25) is 6.79 Å². The molecule has 1 atom stereocenters. The van der Waals surface area contributed by atoms with Crippen LogP contribution in [0.4, 0.5) is 0 Å². The molecule has 0 radical (unpaired) electrons. The van der Waals surface area contributed by atoms with E-state index in [9.17, 15) is 9.59 Å². The van der Waals surface area contributed by atoms with Gasteiger partial charge < -0.3 is 23.7 Å². The maximum Gasteiger partial charge on any atom is 0.337 e. The molecule has 2 aliphatic heterocycles. The van der Waals surface area contributed by atoms with Crippen LogP contribution in [0.15, 0.2) is 51.9 Å². The van der Waals surface area contributed by atoms with Crippen molar-refractivity contribution in [2.45, 2.75) is 19.9 Å². The fourth-order valence-corrected chi connectivity index (χ4v) is 5.34. The van der Waals surface area contributed by atoms with Crippen molar-refractivity contribution < 1.29 is 28.5 Å². The number of ether oxygens (including phenoxy) is 5. The summed E-state index contributed by atoms with van der Waals surface area (Å²) in [5.74, 6) is 1.59. The molecule has 192 valence electrons. The Morgan fingerprint density at radius 1 is 1.16 bits per heavy atom. The highest BCUT2D eigenvalue weighted by Gasteiger charge is 2.31. The molecule has 5 rings (SSSR count). The molecule has 0 fully saturated rings. The largest absolute Gasteiger partial charge is 0.490 e. The molecule has 0 spiro atoms. The van der Waals surface area contributed by atoms with Gasteiger partial charge in [0.05, 0.1) is 41.5 Å². The fourth-order valence-electron chi connectivity index (χ4n) is 4.17. The first kappa shape index (κ1) is 24.9. The second kappa shape index (κ2) is 10.3. The first-order valence-corrected chi connectivity index (χ1v) is 12.7. The van der Waals surface area contributed by atoms with Gasteiger partial charge in [-0.2, -0.15) is 0 Å². The van der Waals surface area contributed by atoms with Crippen LogP contribution in [0.3, 0.4) is 0 Å². The number of nitrogens with zero attached hydrogens (tertiary/aromatic N) is 2. The fraction of sp³-hybridized carbons (Fsp3) is 0.269. The van der Waals surface area contributed by atoms with Crippen LogP contribution in [0.5, 0.6) is 23.0 Å². The molecule has 0 aliphatic carbocycles. The van der Waals surface area contributed by atoms with Crippen LogP contribution in [0, 0.1) is 0 Å². The van der Waals surface area contributed by atoms with Crippen molar-refractivity contribution in [3.05, 3.63) is 77.9 Å². The number of halogens is 1. The number of carbonyl (C=O) groups is 1. The van der Waals surface area contributed by atoms with Crippen LogP contribution in [-0.2, 0) is 9.53 Å². The molecule has 11 heteroatoms. The lowest BCUT2D eigenvalue weighted by Crippen LogP contribution is -2.39. The van der Waals surface area contributed by atoms with Crippen molar-refractivity contribution in [3.63, 3.8) is 0 Å². The van der Waals surface area contributed by atoms with Crippen molar-refractivity contribution in [2.75, 3.05) is 27.1 Å².